The van der Waals surface area contributed by atoms with E-state index in [1.54, 1.807) is 0 Å². The number of amides is 2. The van der Waals surface area contributed by atoms with E-state index in [0.717, 1.165) is 23.2 Å². The minimum absolute atomic E-state index is 0.0952. The van der Waals surface area contributed by atoms with Crippen molar-refractivity contribution in [2.24, 2.45) is 5.92 Å². The van der Waals surface area contributed by atoms with Gasteiger partial charge in [-0.15, -0.1) is 0 Å². The third-order valence-corrected chi connectivity index (χ3v) is 5.99. The molecule has 1 unspecified atom stereocenters. The number of nitrogens with one attached hydrogen (secondary N) is 3. The zero-order valence-electron chi connectivity index (χ0n) is 16.6. The number of fused-ring (bicyclic) bond motifs is 1. The molecule has 2 atom stereocenters. The van der Waals surface area contributed by atoms with E-state index in [1.165, 1.54) is 0 Å². The maximum atomic E-state index is 14.2. The third-order valence-electron chi connectivity index (χ3n) is 5.99. The number of anilines is 1. The second kappa shape index (κ2) is 7.04. The maximum absolute atomic E-state index is 14.2. The summed E-state index contributed by atoms with van der Waals surface area (Å²) in [5, 5.41) is 4.91. The van der Waals surface area contributed by atoms with Crippen molar-refractivity contribution >= 4 is 28.5 Å². The number of H-pyrrole nitrogens is 1. The van der Waals surface area contributed by atoms with Crippen LogP contribution in [0, 0.1) is 11.7 Å². The predicted octanol–water partition coefficient (Wildman–Crippen LogP) is 4.11. The number of rotatable bonds is 5. The highest BCUT2D eigenvalue weighted by atomic mass is 19.4. The fraction of sp³-hybridized carbons (Fsp3) is 0.318. The molecule has 0 aliphatic heterocycles. The van der Waals surface area contributed by atoms with E-state index in [1.807, 2.05) is 24.3 Å². The molecule has 2 saturated carbocycles. The van der Waals surface area contributed by atoms with Crippen LogP contribution in [-0.4, -0.2) is 27.3 Å². The summed E-state index contributed by atoms with van der Waals surface area (Å²) in [4.78, 5) is 33.1. The van der Waals surface area contributed by atoms with Crippen LogP contribution in [0.15, 0.2) is 42.5 Å². The number of alkyl halides is 3. The number of halogens is 4. The smallest absolute Gasteiger partial charge is 0.342 e. The van der Waals surface area contributed by atoms with Crippen LogP contribution < -0.4 is 10.6 Å². The van der Waals surface area contributed by atoms with Gasteiger partial charge in [0.05, 0.1) is 22.3 Å². The molecule has 3 aromatic rings. The van der Waals surface area contributed by atoms with Crippen LogP contribution in [0.5, 0.6) is 0 Å². The Bertz CT molecular complexity index is 1200. The molecule has 10 heteroatoms. The number of imidazole rings is 1. The number of aromatic amines is 1. The zero-order chi connectivity index (χ0) is 22.7. The van der Waals surface area contributed by atoms with Crippen LogP contribution in [-0.2, 0) is 15.8 Å². The third kappa shape index (κ3) is 3.59. The van der Waals surface area contributed by atoms with Gasteiger partial charge in [0.2, 0.25) is 11.8 Å². The van der Waals surface area contributed by atoms with Gasteiger partial charge in [-0.05, 0) is 43.5 Å². The summed E-state index contributed by atoms with van der Waals surface area (Å²) in [5.41, 5.74) is -1.60. The van der Waals surface area contributed by atoms with Crippen LogP contribution in [0.25, 0.3) is 11.0 Å². The van der Waals surface area contributed by atoms with Gasteiger partial charge in [0, 0.05) is 11.8 Å². The van der Waals surface area contributed by atoms with Crippen molar-refractivity contribution in [1.82, 2.24) is 15.3 Å². The lowest BCUT2D eigenvalue weighted by molar-refractivity contribution is -0.140. The van der Waals surface area contributed by atoms with Crippen LogP contribution in [0.1, 0.15) is 36.6 Å². The Labute approximate surface area is 179 Å². The highest BCUT2D eigenvalue weighted by molar-refractivity contribution is 6.03. The van der Waals surface area contributed by atoms with Crippen molar-refractivity contribution in [3.05, 3.63) is 59.7 Å². The van der Waals surface area contributed by atoms with E-state index >= 15 is 0 Å². The summed E-state index contributed by atoms with van der Waals surface area (Å²) in [7, 11) is 0. The molecule has 6 nitrogen and oxygen atoms in total. The molecule has 2 aliphatic rings. The molecule has 1 heterocycles. The maximum Gasteiger partial charge on any atom is 0.419 e. The monoisotopic (exact) mass is 446 g/mol. The average Bonchev–Trinajstić information content (AvgIpc) is 3.65. The molecule has 1 aromatic heterocycles. The molecule has 2 amide bonds. The van der Waals surface area contributed by atoms with E-state index in [4.69, 9.17) is 0 Å². The number of benzene rings is 2. The second-order valence-corrected chi connectivity index (χ2v) is 8.28. The average molecular weight is 446 g/mol. The lowest BCUT2D eigenvalue weighted by Gasteiger charge is -2.18. The van der Waals surface area contributed by atoms with Crippen LogP contribution in [0.4, 0.5) is 23.2 Å². The van der Waals surface area contributed by atoms with Gasteiger partial charge in [0.25, 0.3) is 0 Å². The molecule has 0 radical (unpaired) electrons. The molecule has 2 fully saturated rings. The summed E-state index contributed by atoms with van der Waals surface area (Å²) in [6.45, 7) is 0. The molecular formula is C22H18F4N4O2. The molecule has 0 spiro atoms. The Hall–Kier alpha value is -3.43. The fourth-order valence-electron chi connectivity index (χ4n) is 3.89. The highest BCUT2D eigenvalue weighted by Crippen LogP contribution is 2.48. The molecule has 166 valence electrons. The number of hydrogen-bond donors (Lipinski definition) is 3. The molecule has 2 aliphatic carbocycles. The van der Waals surface area contributed by atoms with E-state index in [9.17, 15) is 27.2 Å². The summed E-state index contributed by atoms with van der Waals surface area (Å²) >= 11 is 0. The van der Waals surface area contributed by atoms with Crippen LogP contribution in [0.2, 0.25) is 0 Å². The zero-order valence-corrected chi connectivity index (χ0v) is 16.6. The van der Waals surface area contributed by atoms with E-state index in [0.29, 0.717) is 31.2 Å². The lowest BCUT2D eigenvalue weighted by atomic mass is 10.1. The molecule has 32 heavy (non-hydrogen) atoms. The van der Waals surface area contributed by atoms with Crippen molar-refractivity contribution < 1.29 is 27.2 Å². The first-order valence-corrected chi connectivity index (χ1v) is 10.1. The highest BCUT2D eigenvalue weighted by Gasteiger charge is 2.55. The summed E-state index contributed by atoms with van der Waals surface area (Å²) in [6.07, 6.45) is -3.65. The number of carbonyl (C=O) groups is 2. The van der Waals surface area contributed by atoms with Gasteiger partial charge in [-0.3, -0.25) is 9.59 Å². The van der Waals surface area contributed by atoms with Crippen molar-refractivity contribution in [2.45, 2.75) is 36.9 Å². The van der Waals surface area contributed by atoms with Crippen molar-refractivity contribution in [3.8, 4) is 0 Å². The number of carbonyl (C=O) groups excluding carboxylic acids is 2. The van der Waals surface area contributed by atoms with Crippen LogP contribution in [0.3, 0.4) is 0 Å². The van der Waals surface area contributed by atoms with E-state index in [-0.39, 0.29) is 17.7 Å². The molecule has 0 bridgehead atoms. The van der Waals surface area contributed by atoms with Crippen molar-refractivity contribution in [1.29, 1.82) is 0 Å². The standard InChI is InChI=1S/C22H18F4N4O2/c23-17-13(22(24,25)26)4-3-7-16(17)29-20(32)21(8-9-21)30-19(31)12-10-11(12)18-27-14-5-1-2-6-15(14)28-18/h1-7,11-12H,8-10H2,(H,27,28)(H,29,32)(H,30,31)/t11-,12?/m0/s1. The second-order valence-electron chi connectivity index (χ2n) is 8.28. The number of para-hydroxylation sites is 2. The quantitative estimate of drug-likeness (QED) is 0.516. The number of hydrogen-bond acceptors (Lipinski definition) is 3. The van der Waals surface area contributed by atoms with Gasteiger partial charge >= 0.3 is 6.18 Å². The number of aromatic nitrogens is 2. The first kappa shape index (κ1) is 20.5. The predicted molar refractivity (Wildman–Crippen MR) is 107 cm³/mol. The van der Waals surface area contributed by atoms with Gasteiger partial charge in [0.1, 0.15) is 11.4 Å². The molecule has 5 rings (SSSR count). The molecular weight excluding hydrogens is 428 g/mol. The summed E-state index contributed by atoms with van der Waals surface area (Å²) in [6, 6.07) is 10.2. The molecule has 0 saturated heterocycles. The minimum Gasteiger partial charge on any atom is -0.342 e. The summed E-state index contributed by atoms with van der Waals surface area (Å²) in [5.74, 6) is -2.36. The topological polar surface area (TPSA) is 86.9 Å². The first-order valence-electron chi connectivity index (χ1n) is 10.1. The van der Waals surface area contributed by atoms with Gasteiger partial charge in [-0.1, -0.05) is 18.2 Å². The Morgan fingerprint density at radius 3 is 2.53 bits per heavy atom. The molecule has 3 N–H and O–H groups in total. The largest absolute Gasteiger partial charge is 0.419 e. The molecule has 2 aromatic carbocycles. The van der Waals surface area contributed by atoms with Crippen molar-refractivity contribution in [2.75, 3.05) is 5.32 Å². The normalized spacial score (nSPS) is 21.2. The van der Waals surface area contributed by atoms with Gasteiger partial charge < -0.3 is 15.6 Å². The van der Waals surface area contributed by atoms with Gasteiger partial charge in [0.15, 0.2) is 5.82 Å². The SMILES string of the molecule is O=C(NC1(C(=O)Nc2cccc(C(F)(F)F)c2F)CC1)C1C[C@@H]1c1nc2ccccc2[nH]1. The van der Waals surface area contributed by atoms with E-state index in [2.05, 4.69) is 20.6 Å². The lowest BCUT2D eigenvalue weighted by Crippen LogP contribution is -2.47. The summed E-state index contributed by atoms with van der Waals surface area (Å²) < 4.78 is 53.0. The fourth-order valence-corrected chi connectivity index (χ4v) is 3.89. The van der Waals surface area contributed by atoms with Gasteiger partial charge in [-0.2, -0.15) is 13.2 Å². The van der Waals surface area contributed by atoms with Crippen molar-refractivity contribution in [3.63, 3.8) is 0 Å². The van der Waals surface area contributed by atoms with Gasteiger partial charge in [-0.25, -0.2) is 9.37 Å². The van der Waals surface area contributed by atoms with Crippen LogP contribution >= 0.6 is 0 Å². The Balaban J connectivity index is 1.25. The Morgan fingerprint density at radius 1 is 1.09 bits per heavy atom. The minimum atomic E-state index is -4.88. The Kier molecular flexibility index (Phi) is 4.51. The first-order chi connectivity index (χ1) is 15.2. The van der Waals surface area contributed by atoms with E-state index < -0.39 is 34.7 Å². The number of nitrogens with zero attached hydrogens (tertiary/aromatic N) is 1. The Morgan fingerprint density at radius 2 is 1.84 bits per heavy atom.